The van der Waals surface area contributed by atoms with Gasteiger partial charge in [-0.15, -0.1) is 0 Å². The van der Waals surface area contributed by atoms with E-state index in [9.17, 15) is 22.7 Å². The van der Waals surface area contributed by atoms with Gasteiger partial charge in [-0.2, -0.15) is 0 Å². The first-order chi connectivity index (χ1) is 10.2. The van der Waals surface area contributed by atoms with Gasteiger partial charge in [0.2, 0.25) is 0 Å². The maximum atomic E-state index is 14.1. The second-order valence-corrected chi connectivity index (χ2v) is 6.22. The van der Waals surface area contributed by atoms with Crippen LogP contribution in [0.1, 0.15) is 18.6 Å². The average molecular weight is 336 g/mol. The quantitative estimate of drug-likeness (QED) is 0.769. The Balaban J connectivity index is 3.63. The van der Waals surface area contributed by atoms with Gasteiger partial charge in [-0.1, -0.05) is 0 Å². The van der Waals surface area contributed by atoms with Crippen molar-refractivity contribution < 1.29 is 36.9 Å². The van der Waals surface area contributed by atoms with Gasteiger partial charge in [0.05, 0.1) is 20.8 Å². The van der Waals surface area contributed by atoms with Crippen LogP contribution in [0, 0.1) is 5.82 Å². The van der Waals surface area contributed by atoms with E-state index in [0.29, 0.717) is 6.07 Å². The van der Waals surface area contributed by atoms with Crippen molar-refractivity contribution >= 4 is 15.8 Å². The standard InChI is InChI=1S/C13H17FO7S/c1-5-21-13(16)9(15)7-6-8(14)12(22(4,17)18)11(20-3)10(7)19-2/h6,9,15H,5H2,1-4H3. The normalized spacial score (nSPS) is 12.6. The Morgan fingerprint density at radius 3 is 2.27 bits per heavy atom. The first-order valence-electron chi connectivity index (χ1n) is 6.18. The van der Waals surface area contributed by atoms with Crippen LogP contribution in [0.25, 0.3) is 0 Å². The molecule has 9 heteroatoms. The average Bonchev–Trinajstić information content (AvgIpc) is 2.43. The molecule has 0 heterocycles. The summed E-state index contributed by atoms with van der Waals surface area (Å²) < 4.78 is 52.0. The molecule has 0 bridgehead atoms. The molecular formula is C13H17FO7S. The summed E-state index contributed by atoms with van der Waals surface area (Å²) in [6, 6.07) is 0.708. The molecule has 7 nitrogen and oxygen atoms in total. The van der Waals surface area contributed by atoms with E-state index in [-0.39, 0.29) is 17.9 Å². The summed E-state index contributed by atoms with van der Waals surface area (Å²) in [6.07, 6.45) is -1.04. The van der Waals surface area contributed by atoms with Crippen molar-refractivity contribution in [3.05, 3.63) is 17.4 Å². The van der Waals surface area contributed by atoms with Crippen LogP contribution >= 0.6 is 0 Å². The van der Waals surface area contributed by atoms with E-state index in [4.69, 9.17) is 9.47 Å². The van der Waals surface area contributed by atoms with Crippen LogP contribution in [0.3, 0.4) is 0 Å². The van der Waals surface area contributed by atoms with E-state index in [1.807, 2.05) is 0 Å². The lowest BCUT2D eigenvalue weighted by Crippen LogP contribution is -2.18. The molecule has 0 saturated carbocycles. The van der Waals surface area contributed by atoms with E-state index >= 15 is 0 Å². The third-order valence-corrected chi connectivity index (χ3v) is 3.88. The third-order valence-electron chi connectivity index (χ3n) is 2.76. The van der Waals surface area contributed by atoms with Crippen molar-refractivity contribution in [2.75, 3.05) is 27.1 Å². The highest BCUT2D eigenvalue weighted by Gasteiger charge is 2.32. The Kier molecular flexibility index (Phi) is 5.72. The minimum Gasteiger partial charge on any atom is -0.492 e. The lowest BCUT2D eigenvalue weighted by molar-refractivity contribution is -0.153. The first-order valence-corrected chi connectivity index (χ1v) is 8.07. The number of methoxy groups -OCH3 is 2. The number of esters is 1. The Morgan fingerprint density at radius 1 is 1.32 bits per heavy atom. The molecule has 124 valence electrons. The van der Waals surface area contributed by atoms with Crippen molar-refractivity contribution in [3.63, 3.8) is 0 Å². The van der Waals surface area contributed by atoms with Crippen LogP contribution in [0.4, 0.5) is 4.39 Å². The zero-order valence-corrected chi connectivity index (χ0v) is 13.4. The summed E-state index contributed by atoms with van der Waals surface area (Å²) in [7, 11) is -1.67. The number of ether oxygens (including phenoxy) is 3. The van der Waals surface area contributed by atoms with E-state index < -0.39 is 38.4 Å². The second kappa shape index (κ2) is 6.93. The maximum absolute atomic E-state index is 14.1. The van der Waals surface area contributed by atoms with Crippen molar-refractivity contribution in [2.24, 2.45) is 0 Å². The largest absolute Gasteiger partial charge is 0.492 e. The molecule has 0 amide bonds. The van der Waals surface area contributed by atoms with Gasteiger partial charge in [0.25, 0.3) is 0 Å². The number of rotatable bonds is 6. The van der Waals surface area contributed by atoms with Crippen LogP contribution in [-0.4, -0.2) is 46.6 Å². The zero-order valence-electron chi connectivity index (χ0n) is 12.5. The van der Waals surface area contributed by atoms with Crippen LogP contribution < -0.4 is 9.47 Å². The highest BCUT2D eigenvalue weighted by molar-refractivity contribution is 7.90. The highest BCUT2D eigenvalue weighted by Crippen LogP contribution is 2.41. The van der Waals surface area contributed by atoms with Crippen molar-refractivity contribution in [1.29, 1.82) is 0 Å². The van der Waals surface area contributed by atoms with E-state index in [1.54, 1.807) is 0 Å². The van der Waals surface area contributed by atoms with Crippen LogP contribution in [0.15, 0.2) is 11.0 Å². The number of carbonyl (C=O) groups is 1. The molecule has 1 rings (SSSR count). The van der Waals surface area contributed by atoms with Gasteiger partial charge in [-0.25, -0.2) is 17.6 Å². The Morgan fingerprint density at radius 2 is 1.86 bits per heavy atom. The number of aliphatic hydroxyl groups is 1. The molecule has 0 aliphatic carbocycles. The number of aliphatic hydroxyl groups excluding tert-OH is 1. The smallest absolute Gasteiger partial charge is 0.339 e. The SMILES string of the molecule is CCOC(=O)C(O)c1cc(F)c(S(C)(=O)=O)c(OC)c1OC. The molecule has 0 radical (unpaired) electrons. The number of hydrogen-bond donors (Lipinski definition) is 1. The highest BCUT2D eigenvalue weighted by atomic mass is 32.2. The molecule has 1 unspecified atom stereocenters. The summed E-state index contributed by atoms with van der Waals surface area (Å²) in [6.45, 7) is 1.55. The van der Waals surface area contributed by atoms with Crippen molar-refractivity contribution in [3.8, 4) is 11.5 Å². The summed E-state index contributed by atoms with van der Waals surface area (Å²) in [4.78, 5) is 10.9. The number of sulfone groups is 1. The number of halogens is 1. The van der Waals surface area contributed by atoms with Crippen molar-refractivity contribution in [2.45, 2.75) is 17.9 Å². The van der Waals surface area contributed by atoms with E-state index in [0.717, 1.165) is 13.4 Å². The third kappa shape index (κ3) is 3.47. The molecule has 0 saturated heterocycles. The van der Waals surface area contributed by atoms with Gasteiger partial charge in [0, 0.05) is 11.8 Å². The second-order valence-electron chi connectivity index (χ2n) is 4.27. The molecule has 1 atom stereocenters. The monoisotopic (exact) mass is 336 g/mol. The van der Waals surface area contributed by atoms with E-state index in [1.165, 1.54) is 14.0 Å². The molecule has 0 fully saturated rings. The predicted molar refractivity (Wildman–Crippen MR) is 74.2 cm³/mol. The van der Waals surface area contributed by atoms with E-state index in [2.05, 4.69) is 4.74 Å². The molecule has 1 aromatic rings. The fraction of sp³-hybridized carbons (Fsp3) is 0.462. The van der Waals surface area contributed by atoms with Crippen LogP contribution in [0.5, 0.6) is 11.5 Å². The Labute approximate surface area is 127 Å². The molecule has 0 aromatic heterocycles. The first kappa shape index (κ1) is 18.2. The van der Waals surface area contributed by atoms with Gasteiger partial charge >= 0.3 is 5.97 Å². The maximum Gasteiger partial charge on any atom is 0.339 e. The molecular weight excluding hydrogens is 319 g/mol. The van der Waals surface area contributed by atoms with Crippen LogP contribution in [-0.2, 0) is 19.4 Å². The number of benzene rings is 1. The van der Waals surface area contributed by atoms with Gasteiger partial charge in [0.15, 0.2) is 27.4 Å². The molecule has 0 spiro atoms. The summed E-state index contributed by atoms with van der Waals surface area (Å²) >= 11 is 0. The summed E-state index contributed by atoms with van der Waals surface area (Å²) in [5.74, 6) is -2.87. The molecule has 0 aliphatic heterocycles. The lowest BCUT2D eigenvalue weighted by Gasteiger charge is -2.19. The number of carbonyl (C=O) groups excluding carboxylic acids is 1. The predicted octanol–water partition coefficient (Wildman–Crippen LogP) is 0.843. The molecule has 0 aliphatic rings. The van der Waals surface area contributed by atoms with Gasteiger partial charge in [-0.05, 0) is 13.0 Å². The Bertz CT molecular complexity index is 669. The van der Waals surface area contributed by atoms with Crippen molar-refractivity contribution in [1.82, 2.24) is 0 Å². The lowest BCUT2D eigenvalue weighted by atomic mass is 10.1. The van der Waals surface area contributed by atoms with Gasteiger partial charge in [0.1, 0.15) is 10.7 Å². The van der Waals surface area contributed by atoms with Gasteiger partial charge in [-0.3, -0.25) is 0 Å². The van der Waals surface area contributed by atoms with Gasteiger partial charge < -0.3 is 19.3 Å². The fourth-order valence-electron chi connectivity index (χ4n) is 1.90. The topological polar surface area (TPSA) is 99.1 Å². The van der Waals surface area contributed by atoms with Crippen LogP contribution in [0.2, 0.25) is 0 Å². The number of hydrogen-bond acceptors (Lipinski definition) is 7. The molecule has 1 N–H and O–H groups in total. The minimum atomic E-state index is -3.96. The summed E-state index contributed by atoms with van der Waals surface area (Å²) in [5.41, 5.74) is -0.289. The minimum absolute atomic E-state index is 0.0131. The molecule has 1 aromatic carbocycles. The fourth-order valence-corrected chi connectivity index (χ4v) is 2.83. The molecule has 22 heavy (non-hydrogen) atoms. The zero-order chi connectivity index (χ0) is 17.1. The summed E-state index contributed by atoms with van der Waals surface area (Å²) in [5, 5.41) is 9.94. The Hall–Kier alpha value is -1.87.